The van der Waals surface area contributed by atoms with Crippen molar-refractivity contribution in [3.63, 3.8) is 0 Å². The summed E-state index contributed by atoms with van der Waals surface area (Å²) in [6.07, 6.45) is 1.51. The first-order valence-electron chi connectivity index (χ1n) is 6.02. The predicted molar refractivity (Wildman–Crippen MR) is 72.8 cm³/mol. The summed E-state index contributed by atoms with van der Waals surface area (Å²) in [5.41, 5.74) is 0.233. The highest BCUT2D eigenvalue weighted by Crippen LogP contribution is 2.42. The number of ether oxygens (including phenoxy) is 1. The zero-order valence-corrected chi connectivity index (χ0v) is 12.4. The molecule has 1 rings (SSSR count). The van der Waals surface area contributed by atoms with E-state index in [1.54, 1.807) is 0 Å². The van der Waals surface area contributed by atoms with Gasteiger partial charge >= 0.3 is 0 Å². The Balaban J connectivity index is 2.32. The Morgan fingerprint density at radius 2 is 2.19 bits per heavy atom. The third-order valence-corrected chi connectivity index (χ3v) is 3.63. The van der Waals surface area contributed by atoms with E-state index < -0.39 is 0 Å². The monoisotopic (exact) mass is 289 g/mol. The maximum Gasteiger partial charge on any atom is 0.0656 e. The summed E-state index contributed by atoms with van der Waals surface area (Å²) in [4.78, 5) is 0. The van der Waals surface area contributed by atoms with Gasteiger partial charge in [-0.05, 0) is 12.3 Å². The van der Waals surface area contributed by atoms with Crippen LogP contribution in [0.5, 0.6) is 0 Å². The van der Waals surface area contributed by atoms with Gasteiger partial charge in [0, 0.05) is 29.1 Å². The summed E-state index contributed by atoms with van der Waals surface area (Å²) in [5.74, 6) is 0.616. The van der Waals surface area contributed by atoms with E-state index in [4.69, 9.17) is 4.74 Å². The van der Waals surface area contributed by atoms with Gasteiger partial charge in [0.15, 0.2) is 0 Å². The van der Waals surface area contributed by atoms with Gasteiger partial charge in [-0.15, -0.1) is 0 Å². The first kappa shape index (κ1) is 14.2. The van der Waals surface area contributed by atoms with Gasteiger partial charge < -0.3 is 10.1 Å². The highest BCUT2D eigenvalue weighted by atomic mass is 79.9. The second-order valence-electron chi connectivity index (χ2n) is 5.72. The van der Waals surface area contributed by atoms with E-state index in [9.17, 15) is 0 Å². The van der Waals surface area contributed by atoms with Crippen molar-refractivity contribution < 1.29 is 4.74 Å². The highest BCUT2D eigenvalue weighted by Gasteiger charge is 2.48. The Kier molecular flexibility index (Phi) is 5.02. The van der Waals surface area contributed by atoms with Crippen LogP contribution in [0.25, 0.3) is 0 Å². The maximum absolute atomic E-state index is 5.92. The largest absolute Gasteiger partial charge is 0.377 e. The molecule has 2 atom stereocenters. The predicted octanol–water partition coefficient (Wildman–Crippen LogP) is 3.32. The molecule has 1 aliphatic rings. The van der Waals surface area contributed by atoms with Crippen LogP contribution in [0.4, 0.5) is 0 Å². The number of hydrogen-bond donors (Lipinski definition) is 1. The lowest BCUT2D eigenvalue weighted by Crippen LogP contribution is -2.61. The van der Waals surface area contributed by atoms with Gasteiger partial charge in [-0.25, -0.2) is 0 Å². The number of hydrogen-bond acceptors (Lipinski definition) is 2. The molecule has 1 aliphatic carbocycles. The molecule has 16 heavy (non-hydrogen) atoms. The SMILES string of the molecule is C=C(Br)CNC1CC(OCC(C)C)C1(C)C. The first-order valence-corrected chi connectivity index (χ1v) is 6.81. The lowest BCUT2D eigenvalue weighted by atomic mass is 9.64. The third-order valence-electron chi connectivity index (χ3n) is 3.35. The molecule has 2 nitrogen and oxygen atoms in total. The third kappa shape index (κ3) is 3.57. The fourth-order valence-corrected chi connectivity index (χ4v) is 2.22. The van der Waals surface area contributed by atoms with E-state index in [2.05, 4.69) is 55.5 Å². The van der Waals surface area contributed by atoms with E-state index in [-0.39, 0.29) is 5.41 Å². The lowest BCUT2D eigenvalue weighted by Gasteiger charge is -2.52. The van der Waals surface area contributed by atoms with E-state index in [1.807, 2.05) is 0 Å². The molecular weight excluding hydrogens is 266 g/mol. The Morgan fingerprint density at radius 3 is 2.62 bits per heavy atom. The molecule has 0 aromatic rings. The molecule has 0 heterocycles. The number of halogens is 1. The van der Waals surface area contributed by atoms with Crippen LogP contribution in [-0.4, -0.2) is 25.3 Å². The molecule has 0 aromatic carbocycles. The maximum atomic E-state index is 5.92. The average Bonchev–Trinajstić information content (AvgIpc) is 2.14. The quantitative estimate of drug-likeness (QED) is 0.810. The van der Waals surface area contributed by atoms with Crippen LogP contribution in [0, 0.1) is 11.3 Å². The van der Waals surface area contributed by atoms with E-state index in [1.165, 1.54) is 0 Å². The van der Waals surface area contributed by atoms with Gasteiger partial charge in [0.05, 0.1) is 6.10 Å². The zero-order chi connectivity index (χ0) is 12.3. The second-order valence-corrected chi connectivity index (χ2v) is 6.85. The van der Waals surface area contributed by atoms with Crippen LogP contribution >= 0.6 is 15.9 Å². The Morgan fingerprint density at radius 1 is 1.56 bits per heavy atom. The summed E-state index contributed by atoms with van der Waals surface area (Å²) in [5, 5.41) is 3.50. The molecule has 1 fully saturated rings. The van der Waals surface area contributed by atoms with Gasteiger partial charge in [-0.3, -0.25) is 0 Å². The molecule has 1 saturated carbocycles. The summed E-state index contributed by atoms with van der Waals surface area (Å²) in [6.45, 7) is 14.5. The first-order chi connectivity index (χ1) is 7.34. The molecule has 0 amide bonds. The number of rotatable bonds is 6. The van der Waals surface area contributed by atoms with Crippen molar-refractivity contribution in [1.29, 1.82) is 0 Å². The molecule has 0 aliphatic heterocycles. The molecule has 2 unspecified atom stereocenters. The van der Waals surface area contributed by atoms with Crippen LogP contribution < -0.4 is 5.32 Å². The van der Waals surface area contributed by atoms with Crippen LogP contribution in [0.3, 0.4) is 0 Å². The molecule has 1 N–H and O–H groups in total. The Labute approximate surface area is 108 Å². The summed E-state index contributed by atoms with van der Waals surface area (Å²) < 4.78 is 6.93. The van der Waals surface area contributed by atoms with Gasteiger partial charge in [0.1, 0.15) is 0 Å². The summed E-state index contributed by atoms with van der Waals surface area (Å²) in [7, 11) is 0. The lowest BCUT2D eigenvalue weighted by molar-refractivity contribution is -0.122. The smallest absolute Gasteiger partial charge is 0.0656 e. The van der Waals surface area contributed by atoms with Gasteiger partial charge in [-0.2, -0.15) is 0 Å². The number of nitrogens with one attached hydrogen (secondary N) is 1. The van der Waals surface area contributed by atoms with Crippen LogP contribution in [0.1, 0.15) is 34.1 Å². The summed E-state index contributed by atoms with van der Waals surface area (Å²) in [6, 6.07) is 0.541. The standard InChI is InChI=1S/C13H24BrNO/c1-9(2)8-16-12-6-11(13(12,4)5)15-7-10(3)14/h9,11-12,15H,3,6-8H2,1-2,4-5H3. The van der Waals surface area contributed by atoms with Crippen molar-refractivity contribution in [3.8, 4) is 0 Å². The molecule has 0 spiro atoms. The van der Waals surface area contributed by atoms with Crippen molar-refractivity contribution in [2.45, 2.75) is 46.3 Å². The molecule has 3 heteroatoms. The highest BCUT2D eigenvalue weighted by molar-refractivity contribution is 9.11. The minimum absolute atomic E-state index is 0.233. The van der Waals surface area contributed by atoms with Gasteiger partial charge in [-0.1, -0.05) is 50.2 Å². The molecule has 0 aromatic heterocycles. The average molecular weight is 290 g/mol. The van der Waals surface area contributed by atoms with Crippen LogP contribution in [-0.2, 0) is 4.74 Å². The van der Waals surface area contributed by atoms with E-state index in [0.29, 0.717) is 18.1 Å². The Bertz CT molecular complexity index is 250. The Hall–Kier alpha value is 0.140. The van der Waals surface area contributed by atoms with E-state index >= 15 is 0 Å². The normalized spacial score (nSPS) is 27.9. The minimum Gasteiger partial charge on any atom is -0.377 e. The van der Waals surface area contributed by atoms with Crippen molar-refractivity contribution in [1.82, 2.24) is 5.32 Å². The molecule has 0 radical (unpaired) electrons. The van der Waals surface area contributed by atoms with Crippen LogP contribution in [0.15, 0.2) is 11.1 Å². The van der Waals surface area contributed by atoms with Gasteiger partial charge in [0.2, 0.25) is 0 Å². The van der Waals surface area contributed by atoms with Crippen molar-refractivity contribution in [3.05, 3.63) is 11.1 Å². The fourth-order valence-electron chi connectivity index (χ4n) is 2.06. The zero-order valence-electron chi connectivity index (χ0n) is 10.8. The topological polar surface area (TPSA) is 21.3 Å². The molecule has 94 valence electrons. The van der Waals surface area contributed by atoms with Crippen molar-refractivity contribution in [2.24, 2.45) is 11.3 Å². The van der Waals surface area contributed by atoms with Crippen molar-refractivity contribution in [2.75, 3.05) is 13.2 Å². The molecular formula is C13H24BrNO. The summed E-state index contributed by atoms with van der Waals surface area (Å²) >= 11 is 3.37. The van der Waals surface area contributed by atoms with E-state index in [0.717, 1.165) is 24.1 Å². The van der Waals surface area contributed by atoms with Crippen molar-refractivity contribution >= 4 is 15.9 Å². The minimum atomic E-state index is 0.233. The second kappa shape index (κ2) is 5.65. The molecule has 0 bridgehead atoms. The van der Waals surface area contributed by atoms with Gasteiger partial charge in [0.25, 0.3) is 0 Å². The fraction of sp³-hybridized carbons (Fsp3) is 0.846. The molecule has 0 saturated heterocycles. The van der Waals surface area contributed by atoms with Crippen LogP contribution in [0.2, 0.25) is 0 Å².